The maximum Gasteiger partial charge on any atom is 0.228 e. The van der Waals surface area contributed by atoms with Crippen LogP contribution in [-0.2, 0) is 21.2 Å². The number of nitrogens with zero attached hydrogens (tertiary/aromatic N) is 4. The highest BCUT2D eigenvalue weighted by Gasteiger charge is 2.22. The van der Waals surface area contributed by atoms with Gasteiger partial charge in [-0.05, 0) is 55.0 Å². The van der Waals surface area contributed by atoms with E-state index in [4.69, 9.17) is 16.3 Å². The van der Waals surface area contributed by atoms with Crippen LogP contribution in [0.15, 0.2) is 65.8 Å². The van der Waals surface area contributed by atoms with Crippen molar-refractivity contribution in [2.24, 2.45) is 0 Å². The lowest BCUT2D eigenvalue weighted by Crippen LogP contribution is -2.34. The summed E-state index contributed by atoms with van der Waals surface area (Å²) in [7, 11) is -1.91. The molecule has 0 saturated carbocycles. The second kappa shape index (κ2) is 10.5. The van der Waals surface area contributed by atoms with E-state index in [1.54, 1.807) is 35.0 Å². The van der Waals surface area contributed by atoms with Gasteiger partial charge in [-0.3, -0.25) is 14.4 Å². The maximum atomic E-state index is 13.2. The summed E-state index contributed by atoms with van der Waals surface area (Å²) in [5, 5.41) is 5.22. The molecule has 11 heteroatoms. The lowest BCUT2D eigenvalue weighted by Gasteiger charge is -2.20. The molecule has 0 spiro atoms. The molecule has 0 aliphatic heterocycles. The van der Waals surface area contributed by atoms with Crippen LogP contribution in [0.3, 0.4) is 0 Å². The summed E-state index contributed by atoms with van der Waals surface area (Å²) in [6, 6.07) is 13.4. The van der Waals surface area contributed by atoms with Gasteiger partial charge in [-0.25, -0.2) is 13.4 Å². The molecule has 0 bridgehead atoms. The topological polar surface area (TPSA) is 94.4 Å². The largest absolute Gasteiger partial charge is 0.497 e. The zero-order valence-corrected chi connectivity index (χ0v) is 20.8. The van der Waals surface area contributed by atoms with Gasteiger partial charge in [0, 0.05) is 30.4 Å². The molecule has 0 aliphatic carbocycles. The van der Waals surface area contributed by atoms with E-state index in [1.165, 1.54) is 23.5 Å². The minimum absolute atomic E-state index is 0.0746. The standard InChI is InChI=1S/C23H23ClN4O4S2/c1-32-18-7-10-20-21(16-18)33-23(26-20)28(14-13-27-12-3-11-25-27)22(29)4-2-15-34(30,31)19-8-5-17(24)6-9-19/h3,5-12,16H,2,4,13-15H2,1H3. The van der Waals surface area contributed by atoms with Crippen molar-refractivity contribution in [3.05, 3.63) is 65.9 Å². The van der Waals surface area contributed by atoms with Gasteiger partial charge < -0.3 is 4.74 Å². The summed E-state index contributed by atoms with van der Waals surface area (Å²) in [5.74, 6) is 0.388. The van der Waals surface area contributed by atoms with Crippen LogP contribution in [0.1, 0.15) is 12.8 Å². The van der Waals surface area contributed by atoms with Crippen molar-refractivity contribution < 1.29 is 17.9 Å². The van der Waals surface area contributed by atoms with E-state index in [0.29, 0.717) is 29.0 Å². The number of aromatic nitrogens is 3. The summed E-state index contributed by atoms with van der Waals surface area (Å²) in [4.78, 5) is 19.6. The van der Waals surface area contributed by atoms with Crippen LogP contribution in [0.4, 0.5) is 5.13 Å². The molecule has 178 valence electrons. The molecular weight excluding hydrogens is 496 g/mol. The molecule has 0 fully saturated rings. The Bertz CT molecular complexity index is 1370. The summed E-state index contributed by atoms with van der Waals surface area (Å²) < 4.78 is 33.2. The van der Waals surface area contributed by atoms with Crippen molar-refractivity contribution in [1.29, 1.82) is 0 Å². The average molecular weight is 519 g/mol. The van der Waals surface area contributed by atoms with Gasteiger partial charge in [0.05, 0.1) is 34.5 Å². The number of thiazole rings is 1. The van der Waals surface area contributed by atoms with Gasteiger partial charge >= 0.3 is 0 Å². The first-order valence-electron chi connectivity index (χ1n) is 10.6. The number of rotatable bonds is 10. The second-order valence-electron chi connectivity index (χ2n) is 7.52. The lowest BCUT2D eigenvalue weighted by molar-refractivity contribution is -0.118. The first-order valence-corrected chi connectivity index (χ1v) is 13.4. The van der Waals surface area contributed by atoms with Crippen LogP contribution in [0.2, 0.25) is 5.02 Å². The number of carbonyl (C=O) groups is 1. The van der Waals surface area contributed by atoms with Crippen molar-refractivity contribution >= 4 is 54.0 Å². The van der Waals surface area contributed by atoms with Crippen LogP contribution in [0.25, 0.3) is 10.2 Å². The number of halogens is 1. The Kier molecular flexibility index (Phi) is 7.50. The zero-order valence-electron chi connectivity index (χ0n) is 18.4. The fourth-order valence-corrected chi connectivity index (χ4v) is 5.88. The summed E-state index contributed by atoms with van der Waals surface area (Å²) in [6.45, 7) is 0.850. The monoisotopic (exact) mass is 518 g/mol. The van der Waals surface area contributed by atoms with Crippen LogP contribution < -0.4 is 9.64 Å². The minimum atomic E-state index is -3.51. The summed E-state index contributed by atoms with van der Waals surface area (Å²) >= 11 is 7.24. The molecule has 0 radical (unpaired) electrons. The summed E-state index contributed by atoms with van der Waals surface area (Å²) in [5.41, 5.74) is 0.767. The molecule has 1 amide bonds. The van der Waals surface area contributed by atoms with Gasteiger partial charge in [-0.2, -0.15) is 5.10 Å². The van der Waals surface area contributed by atoms with Crippen molar-refractivity contribution in [3.63, 3.8) is 0 Å². The van der Waals surface area contributed by atoms with E-state index < -0.39 is 9.84 Å². The quantitative estimate of drug-likeness (QED) is 0.308. The molecular formula is C23H23ClN4O4S2. The molecule has 2 aromatic carbocycles. The normalized spacial score (nSPS) is 11.6. The molecule has 0 atom stereocenters. The van der Waals surface area contributed by atoms with E-state index in [2.05, 4.69) is 10.1 Å². The number of benzene rings is 2. The van der Waals surface area contributed by atoms with Crippen molar-refractivity contribution in [2.75, 3.05) is 24.3 Å². The Hall–Kier alpha value is -2.95. The Balaban J connectivity index is 1.49. The molecule has 0 saturated heterocycles. The molecule has 2 aromatic heterocycles. The highest BCUT2D eigenvalue weighted by molar-refractivity contribution is 7.91. The fraction of sp³-hybridized carbons (Fsp3) is 0.261. The third kappa shape index (κ3) is 5.75. The van der Waals surface area contributed by atoms with Crippen LogP contribution in [0.5, 0.6) is 5.75 Å². The third-order valence-corrected chi connectivity index (χ3v) is 8.31. The maximum absolute atomic E-state index is 13.2. The van der Waals surface area contributed by atoms with E-state index in [-0.39, 0.29) is 29.4 Å². The Morgan fingerprint density at radius 1 is 1.21 bits per heavy atom. The molecule has 4 aromatic rings. The molecule has 2 heterocycles. The number of fused-ring (bicyclic) bond motifs is 1. The van der Waals surface area contributed by atoms with E-state index >= 15 is 0 Å². The molecule has 0 aliphatic rings. The van der Waals surface area contributed by atoms with Crippen molar-refractivity contribution in [2.45, 2.75) is 24.3 Å². The van der Waals surface area contributed by atoms with Crippen LogP contribution in [0, 0.1) is 0 Å². The van der Waals surface area contributed by atoms with Crippen LogP contribution >= 0.6 is 22.9 Å². The number of anilines is 1. The highest BCUT2D eigenvalue weighted by atomic mass is 35.5. The van der Waals surface area contributed by atoms with Gasteiger partial charge in [-0.1, -0.05) is 22.9 Å². The van der Waals surface area contributed by atoms with Gasteiger partial charge in [-0.15, -0.1) is 0 Å². The molecule has 8 nitrogen and oxygen atoms in total. The predicted octanol–water partition coefficient (Wildman–Crippen LogP) is 4.44. The molecule has 0 N–H and O–H groups in total. The SMILES string of the molecule is COc1ccc2nc(N(CCn3cccn3)C(=O)CCCS(=O)(=O)c3ccc(Cl)cc3)sc2c1. The number of carbonyl (C=O) groups excluding carboxylic acids is 1. The van der Waals surface area contributed by atoms with Crippen LogP contribution in [-0.4, -0.2) is 48.5 Å². The van der Waals surface area contributed by atoms with E-state index in [1.807, 2.05) is 30.5 Å². The Morgan fingerprint density at radius 3 is 2.71 bits per heavy atom. The molecule has 4 rings (SSSR count). The number of hydrogen-bond acceptors (Lipinski definition) is 7. The number of amides is 1. The number of hydrogen-bond donors (Lipinski definition) is 0. The zero-order chi connectivity index (χ0) is 24.1. The van der Waals surface area contributed by atoms with Gasteiger partial charge in [0.2, 0.25) is 5.91 Å². The Labute approximate surface area is 206 Å². The fourth-order valence-electron chi connectivity index (χ4n) is 3.41. The van der Waals surface area contributed by atoms with Gasteiger partial charge in [0.15, 0.2) is 15.0 Å². The van der Waals surface area contributed by atoms with E-state index in [9.17, 15) is 13.2 Å². The first-order chi connectivity index (χ1) is 16.4. The highest BCUT2D eigenvalue weighted by Crippen LogP contribution is 2.32. The number of ether oxygens (including phenoxy) is 1. The molecule has 34 heavy (non-hydrogen) atoms. The smallest absolute Gasteiger partial charge is 0.228 e. The van der Waals surface area contributed by atoms with Gasteiger partial charge in [0.1, 0.15) is 5.75 Å². The van der Waals surface area contributed by atoms with Crippen molar-refractivity contribution in [1.82, 2.24) is 14.8 Å². The molecule has 0 unspecified atom stereocenters. The van der Waals surface area contributed by atoms with Crippen molar-refractivity contribution in [3.8, 4) is 5.75 Å². The second-order valence-corrected chi connectivity index (χ2v) is 11.1. The number of sulfone groups is 1. The summed E-state index contributed by atoms with van der Waals surface area (Å²) in [6.07, 6.45) is 3.77. The average Bonchev–Trinajstić information content (AvgIpc) is 3.48. The van der Waals surface area contributed by atoms with Gasteiger partial charge in [0.25, 0.3) is 0 Å². The minimum Gasteiger partial charge on any atom is -0.497 e. The Morgan fingerprint density at radius 2 is 2.00 bits per heavy atom. The number of methoxy groups -OCH3 is 1. The lowest BCUT2D eigenvalue weighted by atomic mass is 10.3. The third-order valence-electron chi connectivity index (χ3n) is 5.20. The first kappa shape index (κ1) is 24.2. The predicted molar refractivity (Wildman–Crippen MR) is 133 cm³/mol. The van der Waals surface area contributed by atoms with E-state index in [0.717, 1.165) is 10.2 Å².